The van der Waals surface area contributed by atoms with Gasteiger partial charge in [-0.3, -0.25) is 14.4 Å². The van der Waals surface area contributed by atoms with Gasteiger partial charge >= 0.3 is 47.8 Å². The average molecular weight is 1360 g/mol. The number of rotatable bonds is 66. The molecule has 21 heteroatoms. The van der Waals surface area contributed by atoms with Crippen molar-refractivity contribution in [3.05, 3.63) is 63.3 Å². The summed E-state index contributed by atoms with van der Waals surface area (Å²) in [6, 6.07) is 0. The number of unbranched alkanes of at least 4 members (excludes halogenated alkanes) is 23. The molecule has 0 spiro atoms. The van der Waals surface area contributed by atoms with Gasteiger partial charge in [0.1, 0.15) is 43.7 Å². The molecule has 0 saturated heterocycles. The zero-order chi connectivity index (χ0) is 71.6. The summed E-state index contributed by atoms with van der Waals surface area (Å²) in [6.45, 7) is 22.8. The Bertz CT molecular complexity index is 2150. The van der Waals surface area contributed by atoms with E-state index in [9.17, 15) is 63.9 Å². The highest BCUT2D eigenvalue weighted by atomic mass is 16.6. The van der Waals surface area contributed by atoms with E-state index < -0.39 is 115 Å². The third-order valence-electron chi connectivity index (χ3n) is 16.9. The molecule has 0 aromatic heterocycles. The lowest BCUT2D eigenvalue weighted by Gasteiger charge is -2.29. The number of ether oxygens (including phenoxy) is 8. The quantitative estimate of drug-likeness (QED) is 0.0163. The Morgan fingerprint density at radius 3 is 0.917 bits per heavy atom. The summed E-state index contributed by atoms with van der Waals surface area (Å²) in [4.78, 5) is 99.3. The third kappa shape index (κ3) is 48.9. The molecule has 0 radical (unpaired) electrons. The van der Waals surface area contributed by atoms with Gasteiger partial charge in [0.25, 0.3) is 0 Å². The van der Waals surface area contributed by atoms with Crippen LogP contribution in [0.3, 0.4) is 0 Å². The smallest absolute Gasteiger partial charge is 0.330 e. The van der Waals surface area contributed by atoms with E-state index in [0.717, 1.165) is 152 Å². The van der Waals surface area contributed by atoms with Gasteiger partial charge in [0.2, 0.25) is 0 Å². The van der Waals surface area contributed by atoms with Crippen LogP contribution >= 0.6 is 0 Å². The Morgan fingerprint density at radius 2 is 0.542 bits per heavy atom. The predicted molar refractivity (Wildman–Crippen MR) is 369 cm³/mol. The van der Waals surface area contributed by atoms with Gasteiger partial charge in [-0.15, -0.1) is 0 Å². The largest absolute Gasteiger partial charge is 0.462 e. The van der Waals surface area contributed by atoms with Crippen molar-refractivity contribution in [3.63, 3.8) is 0 Å². The topological polar surface area (TPSA) is 312 Å². The lowest BCUT2D eigenvalue weighted by atomic mass is 9.96. The van der Waals surface area contributed by atoms with Crippen molar-refractivity contribution < 1.29 is 102 Å². The number of hydrogen-bond donors (Lipinski definition) is 5. The van der Waals surface area contributed by atoms with Crippen LogP contribution in [0.5, 0.6) is 0 Å². The molecule has 0 heterocycles. The summed E-state index contributed by atoms with van der Waals surface area (Å²) in [5.74, 6) is -4.85. The van der Waals surface area contributed by atoms with Gasteiger partial charge in [0.15, 0.2) is 6.10 Å². The Kier molecular flexibility index (Phi) is 56.8. The van der Waals surface area contributed by atoms with Crippen molar-refractivity contribution >= 4 is 47.8 Å². The van der Waals surface area contributed by atoms with E-state index in [1.807, 2.05) is 13.8 Å². The minimum Gasteiger partial charge on any atom is -0.462 e. The minimum absolute atomic E-state index is 0.0764. The Morgan fingerprint density at radius 1 is 0.281 bits per heavy atom. The average Bonchev–Trinajstić information content (AvgIpc) is 1.48. The van der Waals surface area contributed by atoms with Gasteiger partial charge < -0.3 is 63.4 Å². The summed E-state index contributed by atoms with van der Waals surface area (Å²) in [6.07, 6.45) is 21.4. The molecule has 0 aromatic rings. The van der Waals surface area contributed by atoms with E-state index in [1.54, 1.807) is 0 Å². The molecule has 21 nitrogen and oxygen atoms in total. The van der Waals surface area contributed by atoms with Crippen LogP contribution in [0, 0.1) is 0 Å². The van der Waals surface area contributed by atoms with Crippen LogP contribution in [-0.4, -0.2) is 154 Å². The van der Waals surface area contributed by atoms with Crippen molar-refractivity contribution in [2.75, 3.05) is 13.2 Å². The number of aliphatic hydroxyl groups is 5. The lowest BCUT2D eigenvalue weighted by molar-refractivity contribution is -0.167. The summed E-state index contributed by atoms with van der Waals surface area (Å²) in [5, 5.41) is 54.9. The molecule has 11 unspecified atom stereocenters. The standard InChI is InChI=1S/C75H126O21/c1-9-17-20-21-31-39-48-64(93-69(82)13-5)58(76)43-36-28-22-25-32-40-49-73(86)89-55-57(91-75(88)51-42-34-27-24-29-37-44-59(77)66(95-71(84)15-7)53-52-61(79)63(46-19-11-3)92-68(81)12-4)56-90-74(87)50-41-33-26-23-30-38-45-60(78)67(96-72(85)16-8)54-62(80)65(47-35-18-10-2)94-70(83)14-6/h12-16,57-67,76-80H,4-11,17-56H2,1-3H3. The number of esters is 8. The second kappa shape index (κ2) is 60.4. The first kappa shape index (κ1) is 90.3. The van der Waals surface area contributed by atoms with Gasteiger partial charge in [-0.1, -0.05) is 201 Å². The maximum absolute atomic E-state index is 13.2. The van der Waals surface area contributed by atoms with Crippen molar-refractivity contribution in [2.24, 2.45) is 0 Å². The van der Waals surface area contributed by atoms with E-state index in [1.165, 1.54) is 12.8 Å². The van der Waals surface area contributed by atoms with E-state index in [4.69, 9.17) is 37.9 Å². The molecule has 5 N–H and O–H groups in total. The highest BCUT2D eigenvalue weighted by molar-refractivity contribution is 5.83. The number of carbonyl (C=O) groups excluding carboxylic acids is 8. The summed E-state index contributed by atoms with van der Waals surface area (Å²) >= 11 is 0. The number of aliphatic hydroxyl groups excluding tert-OH is 5. The lowest BCUT2D eigenvalue weighted by Crippen LogP contribution is -2.39. The first-order chi connectivity index (χ1) is 46.2. The van der Waals surface area contributed by atoms with Crippen LogP contribution in [0.25, 0.3) is 0 Å². The van der Waals surface area contributed by atoms with E-state index in [0.29, 0.717) is 83.5 Å². The van der Waals surface area contributed by atoms with Gasteiger partial charge in [0.05, 0.1) is 30.5 Å². The fourth-order valence-electron chi connectivity index (χ4n) is 11.1. The Hall–Kier alpha value is -5.74. The molecule has 0 saturated carbocycles. The van der Waals surface area contributed by atoms with E-state index in [-0.39, 0.29) is 58.2 Å². The molecule has 0 rings (SSSR count). The fourth-order valence-corrected chi connectivity index (χ4v) is 11.1. The van der Waals surface area contributed by atoms with Crippen LogP contribution < -0.4 is 0 Å². The second-order valence-electron chi connectivity index (χ2n) is 25.2. The highest BCUT2D eigenvalue weighted by Crippen LogP contribution is 2.25. The Balaban J connectivity index is 5.37. The molecule has 552 valence electrons. The first-order valence-electron chi connectivity index (χ1n) is 36.3. The predicted octanol–water partition coefficient (Wildman–Crippen LogP) is 13.3. The molecule has 0 aliphatic carbocycles. The van der Waals surface area contributed by atoms with Gasteiger partial charge in [-0.2, -0.15) is 0 Å². The van der Waals surface area contributed by atoms with E-state index >= 15 is 0 Å². The van der Waals surface area contributed by atoms with Gasteiger partial charge in [-0.25, -0.2) is 24.0 Å². The maximum atomic E-state index is 13.2. The second-order valence-corrected chi connectivity index (χ2v) is 25.2. The first-order valence-corrected chi connectivity index (χ1v) is 36.3. The van der Waals surface area contributed by atoms with Crippen molar-refractivity contribution in [1.29, 1.82) is 0 Å². The zero-order valence-corrected chi connectivity index (χ0v) is 58.9. The Labute approximate surface area is 574 Å². The molecule has 0 amide bonds. The molecule has 0 fully saturated rings. The maximum Gasteiger partial charge on any atom is 0.330 e. The molecule has 0 aromatic carbocycles. The summed E-state index contributed by atoms with van der Waals surface area (Å²) in [5.41, 5.74) is 0. The normalized spacial score (nSPS) is 14.7. The number of carbonyl (C=O) groups is 8. The molecule has 0 aliphatic heterocycles. The van der Waals surface area contributed by atoms with Crippen molar-refractivity contribution in [3.8, 4) is 0 Å². The van der Waals surface area contributed by atoms with Crippen molar-refractivity contribution in [2.45, 2.75) is 351 Å². The van der Waals surface area contributed by atoms with Gasteiger partial charge in [0, 0.05) is 56.1 Å². The highest BCUT2D eigenvalue weighted by Gasteiger charge is 2.32. The van der Waals surface area contributed by atoms with Crippen LogP contribution in [-0.2, 0) is 76.3 Å². The molecular weight excluding hydrogens is 1240 g/mol. The third-order valence-corrected chi connectivity index (χ3v) is 16.9. The van der Waals surface area contributed by atoms with Gasteiger partial charge in [-0.05, 0) is 89.9 Å². The molecular formula is C75H126O21. The van der Waals surface area contributed by atoms with Crippen molar-refractivity contribution in [1.82, 2.24) is 0 Å². The molecule has 0 bridgehead atoms. The zero-order valence-electron chi connectivity index (χ0n) is 58.9. The minimum atomic E-state index is -1.20. The van der Waals surface area contributed by atoms with Crippen LogP contribution in [0.15, 0.2) is 63.3 Å². The number of hydrogen-bond acceptors (Lipinski definition) is 21. The molecule has 96 heavy (non-hydrogen) atoms. The monoisotopic (exact) mass is 1360 g/mol. The molecule has 0 aliphatic rings. The van der Waals surface area contributed by atoms with Crippen LogP contribution in [0.2, 0.25) is 0 Å². The SMILES string of the molecule is C=CC(=O)OC(CCCCCCCC)C(O)CCCCCCCCC(=O)OCC(COC(=O)CCCCCCCCC(O)C(CC(O)C(CCCCC)OC(=O)C=C)OC(=O)C=C)OC(=O)CCCCCCCCC(O)C(CCC(O)C(CCCC)OC(=O)C=C)OC(=O)C=C. The van der Waals surface area contributed by atoms with E-state index in [2.05, 4.69) is 39.8 Å². The summed E-state index contributed by atoms with van der Waals surface area (Å²) in [7, 11) is 0. The fraction of sp³-hybridized carbons (Fsp3) is 0.760. The molecule has 11 atom stereocenters. The summed E-state index contributed by atoms with van der Waals surface area (Å²) < 4.78 is 43.9. The van der Waals surface area contributed by atoms with Crippen LogP contribution in [0.1, 0.15) is 284 Å². The van der Waals surface area contributed by atoms with Crippen LogP contribution in [0.4, 0.5) is 0 Å².